The number of nitrogens with one attached hydrogen (secondary N) is 1. The fourth-order valence-corrected chi connectivity index (χ4v) is 4.48. The third-order valence-corrected chi connectivity index (χ3v) is 6.51. The third kappa shape index (κ3) is 6.37. The minimum Gasteiger partial charge on any atom is -0.469 e. The largest absolute Gasteiger partial charge is 0.469 e. The van der Waals surface area contributed by atoms with E-state index in [0.29, 0.717) is 17.9 Å². The number of pyridine rings is 1. The molecular weight excluding hydrogens is 436 g/mol. The van der Waals surface area contributed by atoms with E-state index in [1.54, 1.807) is 36.7 Å². The molecule has 3 aromatic rings. The number of nitrogens with zero attached hydrogens (tertiary/aromatic N) is 1. The summed E-state index contributed by atoms with van der Waals surface area (Å²) in [6.07, 6.45) is 5.02. The molecule has 3 rings (SSSR count). The van der Waals surface area contributed by atoms with Crippen molar-refractivity contribution in [2.24, 2.45) is 0 Å². The SMILES string of the molecule is COC(=O)CCCc1ccc(C(NS(=O)(=O)c2ccc(Cl)cc2)c2ccncc2)cc1. The van der Waals surface area contributed by atoms with E-state index in [9.17, 15) is 13.2 Å². The van der Waals surface area contributed by atoms with Crippen LogP contribution in [0, 0.1) is 0 Å². The first-order valence-electron chi connectivity index (χ1n) is 9.72. The molecule has 0 fully saturated rings. The molecule has 1 unspecified atom stereocenters. The number of ether oxygens (including phenoxy) is 1. The van der Waals surface area contributed by atoms with E-state index in [0.717, 1.165) is 23.1 Å². The standard InChI is InChI=1S/C23H23ClN2O4S/c1-30-22(27)4-2-3-17-5-7-18(8-6-17)23(19-13-15-25-16-14-19)26-31(28,29)21-11-9-20(24)10-12-21/h5-16,23,26H,2-4H2,1H3. The lowest BCUT2D eigenvalue weighted by Gasteiger charge is -2.20. The second-order valence-corrected chi connectivity index (χ2v) is 9.11. The van der Waals surface area contributed by atoms with Crippen molar-refractivity contribution in [2.45, 2.75) is 30.2 Å². The molecule has 6 nitrogen and oxygen atoms in total. The van der Waals surface area contributed by atoms with E-state index in [1.165, 1.54) is 19.2 Å². The fourth-order valence-electron chi connectivity index (χ4n) is 3.14. The van der Waals surface area contributed by atoms with Gasteiger partial charge in [0, 0.05) is 23.8 Å². The van der Waals surface area contributed by atoms with Crippen LogP contribution in [-0.2, 0) is 26.0 Å². The Kier molecular flexibility index (Phi) is 7.79. The predicted molar refractivity (Wildman–Crippen MR) is 119 cm³/mol. The monoisotopic (exact) mass is 458 g/mol. The van der Waals surface area contributed by atoms with Crippen molar-refractivity contribution in [3.8, 4) is 0 Å². The smallest absolute Gasteiger partial charge is 0.305 e. The molecule has 1 N–H and O–H groups in total. The highest BCUT2D eigenvalue weighted by molar-refractivity contribution is 7.89. The Labute approximate surface area is 187 Å². The second kappa shape index (κ2) is 10.5. The van der Waals surface area contributed by atoms with Crippen LogP contribution in [0.5, 0.6) is 0 Å². The van der Waals surface area contributed by atoms with Crippen LogP contribution in [0.15, 0.2) is 78.0 Å². The number of aromatic nitrogens is 1. The van der Waals surface area contributed by atoms with Gasteiger partial charge in [-0.1, -0.05) is 35.9 Å². The van der Waals surface area contributed by atoms with Crippen molar-refractivity contribution in [1.29, 1.82) is 0 Å². The molecule has 2 aromatic carbocycles. The summed E-state index contributed by atoms with van der Waals surface area (Å²) in [6, 6.07) is 16.7. The average molecular weight is 459 g/mol. The highest BCUT2D eigenvalue weighted by Gasteiger charge is 2.23. The number of benzene rings is 2. The Hall–Kier alpha value is -2.74. The fraction of sp³-hybridized carbons (Fsp3) is 0.217. The van der Waals surface area contributed by atoms with Crippen LogP contribution in [0.2, 0.25) is 5.02 Å². The number of hydrogen-bond donors (Lipinski definition) is 1. The van der Waals surface area contributed by atoms with Gasteiger partial charge < -0.3 is 4.74 Å². The normalized spacial score (nSPS) is 12.3. The van der Waals surface area contributed by atoms with Gasteiger partial charge in [-0.05, 0) is 65.9 Å². The van der Waals surface area contributed by atoms with Crippen LogP contribution >= 0.6 is 11.6 Å². The lowest BCUT2D eigenvalue weighted by Crippen LogP contribution is -2.29. The van der Waals surface area contributed by atoms with Crippen LogP contribution in [-0.4, -0.2) is 26.5 Å². The van der Waals surface area contributed by atoms with Gasteiger partial charge >= 0.3 is 5.97 Å². The Morgan fingerprint density at radius 1 is 1.00 bits per heavy atom. The van der Waals surface area contributed by atoms with Crippen molar-refractivity contribution < 1.29 is 17.9 Å². The zero-order chi connectivity index (χ0) is 22.3. The molecule has 162 valence electrons. The van der Waals surface area contributed by atoms with E-state index in [1.807, 2.05) is 24.3 Å². The van der Waals surface area contributed by atoms with Crippen LogP contribution in [0.1, 0.15) is 35.6 Å². The third-order valence-electron chi connectivity index (χ3n) is 4.82. The van der Waals surface area contributed by atoms with Gasteiger partial charge in [-0.25, -0.2) is 8.42 Å². The summed E-state index contributed by atoms with van der Waals surface area (Å²) in [7, 11) is -2.41. The Morgan fingerprint density at radius 3 is 2.23 bits per heavy atom. The summed E-state index contributed by atoms with van der Waals surface area (Å²) < 4.78 is 33.4. The molecule has 0 bridgehead atoms. The zero-order valence-electron chi connectivity index (χ0n) is 17.0. The minimum absolute atomic E-state index is 0.135. The predicted octanol–water partition coefficient (Wildman–Crippen LogP) is 4.30. The maximum atomic E-state index is 13.0. The van der Waals surface area contributed by atoms with Gasteiger partial charge in [0.1, 0.15) is 0 Å². The first-order valence-corrected chi connectivity index (χ1v) is 11.6. The molecule has 31 heavy (non-hydrogen) atoms. The number of aryl methyl sites for hydroxylation is 1. The highest BCUT2D eigenvalue weighted by atomic mass is 35.5. The molecule has 0 radical (unpaired) electrons. The Bertz CT molecular complexity index is 1100. The number of carbonyl (C=O) groups excluding carboxylic acids is 1. The van der Waals surface area contributed by atoms with Crippen LogP contribution in [0.25, 0.3) is 0 Å². The van der Waals surface area contributed by atoms with E-state index in [-0.39, 0.29) is 10.9 Å². The van der Waals surface area contributed by atoms with Gasteiger partial charge in [0.15, 0.2) is 0 Å². The summed E-state index contributed by atoms with van der Waals surface area (Å²) in [5, 5.41) is 0.465. The summed E-state index contributed by atoms with van der Waals surface area (Å²) in [4.78, 5) is 15.4. The number of carbonyl (C=O) groups is 1. The summed E-state index contributed by atoms with van der Waals surface area (Å²) >= 11 is 5.89. The van der Waals surface area contributed by atoms with E-state index < -0.39 is 16.1 Å². The average Bonchev–Trinajstić information content (AvgIpc) is 2.79. The number of halogens is 1. The molecule has 8 heteroatoms. The minimum atomic E-state index is -3.79. The number of sulfonamides is 1. The lowest BCUT2D eigenvalue weighted by atomic mass is 9.98. The van der Waals surface area contributed by atoms with Gasteiger partial charge in [-0.15, -0.1) is 0 Å². The molecule has 0 saturated carbocycles. The topological polar surface area (TPSA) is 85.4 Å². The molecule has 1 atom stereocenters. The molecule has 0 aliphatic rings. The van der Waals surface area contributed by atoms with Crippen LogP contribution < -0.4 is 4.72 Å². The van der Waals surface area contributed by atoms with E-state index in [2.05, 4.69) is 14.4 Å². The molecule has 0 spiro atoms. The molecular formula is C23H23ClN2O4S. The molecule has 0 aliphatic carbocycles. The first kappa shape index (κ1) is 22.9. The van der Waals surface area contributed by atoms with Gasteiger partial charge in [0.25, 0.3) is 0 Å². The van der Waals surface area contributed by atoms with Crippen LogP contribution in [0.3, 0.4) is 0 Å². The molecule has 0 saturated heterocycles. The number of methoxy groups -OCH3 is 1. The van der Waals surface area contributed by atoms with E-state index in [4.69, 9.17) is 11.6 Å². The summed E-state index contributed by atoms with van der Waals surface area (Å²) in [6.45, 7) is 0. The number of hydrogen-bond acceptors (Lipinski definition) is 5. The molecule has 0 amide bonds. The van der Waals surface area contributed by atoms with Gasteiger partial charge in [-0.2, -0.15) is 4.72 Å². The quantitative estimate of drug-likeness (QED) is 0.483. The van der Waals surface area contributed by atoms with Crippen molar-refractivity contribution in [3.63, 3.8) is 0 Å². The number of rotatable bonds is 9. The van der Waals surface area contributed by atoms with Gasteiger partial charge in [0.2, 0.25) is 10.0 Å². The van der Waals surface area contributed by atoms with Gasteiger partial charge in [0.05, 0.1) is 18.0 Å². The molecule has 1 aromatic heterocycles. The first-order chi connectivity index (χ1) is 14.9. The van der Waals surface area contributed by atoms with Crippen molar-refractivity contribution in [2.75, 3.05) is 7.11 Å². The molecule has 0 aliphatic heterocycles. The van der Waals surface area contributed by atoms with Crippen LogP contribution in [0.4, 0.5) is 0 Å². The maximum absolute atomic E-state index is 13.0. The zero-order valence-corrected chi connectivity index (χ0v) is 18.6. The molecule has 1 heterocycles. The van der Waals surface area contributed by atoms with E-state index >= 15 is 0 Å². The second-order valence-electron chi connectivity index (χ2n) is 6.96. The van der Waals surface area contributed by atoms with Crippen molar-refractivity contribution in [3.05, 3.63) is 94.8 Å². The summed E-state index contributed by atoms with van der Waals surface area (Å²) in [5.74, 6) is -0.231. The Balaban J connectivity index is 1.83. The maximum Gasteiger partial charge on any atom is 0.305 e. The lowest BCUT2D eigenvalue weighted by molar-refractivity contribution is -0.140. The van der Waals surface area contributed by atoms with Crippen molar-refractivity contribution >= 4 is 27.6 Å². The Morgan fingerprint density at radius 2 is 1.61 bits per heavy atom. The van der Waals surface area contributed by atoms with Gasteiger partial charge in [-0.3, -0.25) is 9.78 Å². The number of esters is 1. The highest BCUT2D eigenvalue weighted by Crippen LogP contribution is 2.25. The van der Waals surface area contributed by atoms with Crippen molar-refractivity contribution in [1.82, 2.24) is 9.71 Å². The summed E-state index contributed by atoms with van der Waals surface area (Å²) in [5.41, 5.74) is 2.62.